The molecule has 1 aromatic carbocycles. The predicted octanol–water partition coefficient (Wildman–Crippen LogP) is 0.489. The van der Waals surface area contributed by atoms with Gasteiger partial charge in [-0.15, -0.1) is 0 Å². The van der Waals surface area contributed by atoms with Gasteiger partial charge in [0, 0.05) is 6.54 Å². The summed E-state index contributed by atoms with van der Waals surface area (Å²) in [5.74, 6) is -0.265. The minimum atomic E-state index is -0.943. The van der Waals surface area contributed by atoms with E-state index in [1.165, 1.54) is 6.92 Å². The fourth-order valence-corrected chi connectivity index (χ4v) is 1.17. The normalized spacial score (nSPS) is 14.0. The van der Waals surface area contributed by atoms with Gasteiger partial charge in [0.1, 0.15) is 24.5 Å². The van der Waals surface area contributed by atoms with Crippen molar-refractivity contribution in [1.82, 2.24) is 5.32 Å². The van der Waals surface area contributed by atoms with Gasteiger partial charge in [0.15, 0.2) is 0 Å². The van der Waals surface area contributed by atoms with E-state index in [9.17, 15) is 9.90 Å². The Bertz CT molecular complexity index is 342. The van der Waals surface area contributed by atoms with Gasteiger partial charge in [-0.25, -0.2) is 0 Å². The van der Waals surface area contributed by atoms with Crippen LogP contribution in [0.3, 0.4) is 0 Å². The molecule has 0 aromatic heterocycles. The quantitative estimate of drug-likeness (QED) is 0.645. The van der Waals surface area contributed by atoms with Crippen molar-refractivity contribution < 1.29 is 19.7 Å². The fraction of sp³-hybridized carbons (Fsp3) is 0.417. The first-order valence-electron chi connectivity index (χ1n) is 5.41. The largest absolute Gasteiger partial charge is 0.491 e. The van der Waals surface area contributed by atoms with E-state index in [-0.39, 0.29) is 13.2 Å². The summed E-state index contributed by atoms with van der Waals surface area (Å²) in [7, 11) is 0. The number of aliphatic hydroxyl groups excluding tert-OH is 1. The predicted molar refractivity (Wildman–Crippen MR) is 63.0 cm³/mol. The van der Waals surface area contributed by atoms with Gasteiger partial charge in [-0.2, -0.15) is 0 Å². The summed E-state index contributed by atoms with van der Waals surface area (Å²) in [5.41, 5.74) is 0. The highest BCUT2D eigenvalue weighted by atomic mass is 16.5. The van der Waals surface area contributed by atoms with E-state index >= 15 is 0 Å². The van der Waals surface area contributed by atoms with Gasteiger partial charge in [0.2, 0.25) is 0 Å². The van der Waals surface area contributed by atoms with E-state index in [0.29, 0.717) is 5.75 Å². The Morgan fingerprint density at radius 2 is 2.06 bits per heavy atom. The summed E-state index contributed by atoms with van der Waals surface area (Å²) in [4.78, 5) is 10.5. The molecule has 2 atom stereocenters. The summed E-state index contributed by atoms with van der Waals surface area (Å²) >= 11 is 0. The third-order valence-electron chi connectivity index (χ3n) is 2.22. The molecular formula is C12H17NO4. The van der Waals surface area contributed by atoms with Crippen LogP contribution in [0.4, 0.5) is 0 Å². The van der Waals surface area contributed by atoms with Gasteiger partial charge >= 0.3 is 5.97 Å². The zero-order chi connectivity index (χ0) is 12.7. The van der Waals surface area contributed by atoms with Crippen LogP contribution in [0.1, 0.15) is 6.92 Å². The van der Waals surface area contributed by atoms with Crippen molar-refractivity contribution >= 4 is 5.97 Å². The lowest BCUT2D eigenvalue weighted by molar-refractivity contribution is -0.139. The first-order valence-corrected chi connectivity index (χ1v) is 5.41. The standard InChI is InChI=1S/C12H17NO4/c1-9(12(15)16)13-7-10(14)8-17-11-5-3-2-4-6-11/h2-6,9-10,13-14H,7-8H2,1H3,(H,15,16)/t9-,10+/m1/s1. The number of carboxylic acid groups (broad SMARTS) is 1. The molecule has 0 saturated carbocycles. The van der Waals surface area contributed by atoms with E-state index in [2.05, 4.69) is 5.32 Å². The monoisotopic (exact) mass is 239 g/mol. The zero-order valence-electron chi connectivity index (χ0n) is 9.67. The van der Waals surface area contributed by atoms with Crippen molar-refractivity contribution in [3.8, 4) is 5.75 Å². The number of nitrogens with one attached hydrogen (secondary N) is 1. The molecule has 1 aromatic rings. The minimum absolute atomic E-state index is 0.128. The van der Waals surface area contributed by atoms with Crippen molar-refractivity contribution in [3.63, 3.8) is 0 Å². The summed E-state index contributed by atoms with van der Waals surface area (Å²) in [6, 6.07) is 8.46. The molecule has 0 bridgehead atoms. The highest BCUT2D eigenvalue weighted by Crippen LogP contribution is 2.08. The first-order chi connectivity index (χ1) is 8.09. The lowest BCUT2D eigenvalue weighted by Gasteiger charge is -2.15. The molecule has 0 amide bonds. The average molecular weight is 239 g/mol. The topological polar surface area (TPSA) is 78.8 Å². The van der Waals surface area contributed by atoms with E-state index in [4.69, 9.17) is 9.84 Å². The number of hydrogen-bond donors (Lipinski definition) is 3. The van der Waals surface area contributed by atoms with Crippen molar-refractivity contribution in [3.05, 3.63) is 30.3 Å². The molecule has 5 nitrogen and oxygen atoms in total. The number of rotatable bonds is 7. The molecule has 5 heteroatoms. The SMILES string of the molecule is C[C@@H](NC[C@H](O)COc1ccccc1)C(=O)O. The highest BCUT2D eigenvalue weighted by molar-refractivity contribution is 5.72. The Labute approximate surface area is 100 Å². The van der Waals surface area contributed by atoms with Gasteiger partial charge < -0.3 is 20.3 Å². The highest BCUT2D eigenvalue weighted by Gasteiger charge is 2.12. The van der Waals surface area contributed by atoms with Crippen LogP contribution in [0.5, 0.6) is 5.75 Å². The molecule has 0 aliphatic carbocycles. The number of carboxylic acids is 1. The second kappa shape index (κ2) is 6.88. The molecular weight excluding hydrogens is 222 g/mol. The van der Waals surface area contributed by atoms with Crippen LogP contribution in [0.25, 0.3) is 0 Å². The number of hydrogen-bond acceptors (Lipinski definition) is 4. The van der Waals surface area contributed by atoms with Crippen LogP contribution < -0.4 is 10.1 Å². The van der Waals surface area contributed by atoms with E-state index in [1.54, 1.807) is 12.1 Å². The molecule has 0 unspecified atom stereocenters. The summed E-state index contributed by atoms with van der Waals surface area (Å²) < 4.78 is 5.32. The molecule has 0 aliphatic heterocycles. The van der Waals surface area contributed by atoms with Crippen LogP contribution in [0.15, 0.2) is 30.3 Å². The van der Waals surface area contributed by atoms with Crippen LogP contribution in [-0.2, 0) is 4.79 Å². The van der Waals surface area contributed by atoms with Crippen LogP contribution in [0, 0.1) is 0 Å². The number of aliphatic carboxylic acids is 1. The lowest BCUT2D eigenvalue weighted by atomic mass is 10.3. The molecule has 1 rings (SSSR count). The van der Waals surface area contributed by atoms with Gasteiger partial charge in [-0.3, -0.25) is 4.79 Å². The second-order valence-electron chi connectivity index (χ2n) is 3.75. The number of carbonyl (C=O) groups is 1. The summed E-state index contributed by atoms with van der Waals surface area (Å²) in [5, 5.41) is 20.9. The Kier molecular flexibility index (Phi) is 5.45. The summed E-state index contributed by atoms with van der Waals surface area (Å²) in [6.45, 7) is 1.83. The maximum atomic E-state index is 10.5. The number of ether oxygens (including phenoxy) is 1. The zero-order valence-corrected chi connectivity index (χ0v) is 9.67. The lowest BCUT2D eigenvalue weighted by Crippen LogP contribution is -2.40. The summed E-state index contributed by atoms with van der Waals surface area (Å²) in [6.07, 6.45) is -0.739. The van der Waals surface area contributed by atoms with E-state index in [0.717, 1.165) is 0 Å². The van der Waals surface area contributed by atoms with Crippen LogP contribution in [-0.4, -0.2) is 41.5 Å². The van der Waals surface area contributed by atoms with Crippen LogP contribution in [0.2, 0.25) is 0 Å². The van der Waals surface area contributed by atoms with Crippen molar-refractivity contribution in [1.29, 1.82) is 0 Å². The first kappa shape index (κ1) is 13.5. The van der Waals surface area contributed by atoms with Gasteiger partial charge in [-0.1, -0.05) is 18.2 Å². The molecule has 0 saturated heterocycles. The fourth-order valence-electron chi connectivity index (χ4n) is 1.17. The maximum absolute atomic E-state index is 10.5. The maximum Gasteiger partial charge on any atom is 0.320 e. The number of aliphatic hydroxyl groups is 1. The number of benzene rings is 1. The molecule has 0 aliphatic rings. The Morgan fingerprint density at radius 1 is 1.41 bits per heavy atom. The van der Waals surface area contributed by atoms with Crippen molar-refractivity contribution in [2.24, 2.45) is 0 Å². The molecule has 3 N–H and O–H groups in total. The Hall–Kier alpha value is -1.59. The van der Waals surface area contributed by atoms with Crippen molar-refractivity contribution in [2.75, 3.05) is 13.2 Å². The minimum Gasteiger partial charge on any atom is -0.491 e. The van der Waals surface area contributed by atoms with Crippen molar-refractivity contribution in [2.45, 2.75) is 19.1 Å². The Balaban J connectivity index is 2.22. The second-order valence-corrected chi connectivity index (χ2v) is 3.75. The molecule has 0 fully saturated rings. The third-order valence-corrected chi connectivity index (χ3v) is 2.22. The number of para-hydroxylation sites is 1. The Morgan fingerprint density at radius 3 is 2.65 bits per heavy atom. The third kappa shape index (κ3) is 5.33. The smallest absolute Gasteiger partial charge is 0.320 e. The van der Waals surface area contributed by atoms with Gasteiger partial charge in [0.05, 0.1) is 0 Å². The molecule has 0 spiro atoms. The van der Waals surface area contributed by atoms with E-state index in [1.807, 2.05) is 18.2 Å². The van der Waals surface area contributed by atoms with Gasteiger partial charge in [-0.05, 0) is 19.1 Å². The molecule has 0 heterocycles. The van der Waals surface area contributed by atoms with Crippen LogP contribution >= 0.6 is 0 Å². The van der Waals surface area contributed by atoms with Gasteiger partial charge in [0.25, 0.3) is 0 Å². The molecule has 17 heavy (non-hydrogen) atoms. The van der Waals surface area contributed by atoms with E-state index < -0.39 is 18.1 Å². The average Bonchev–Trinajstić information content (AvgIpc) is 2.34. The molecule has 94 valence electrons. The molecule has 0 radical (unpaired) electrons.